The van der Waals surface area contributed by atoms with E-state index in [1.165, 1.54) is 12.1 Å². The first-order valence-corrected chi connectivity index (χ1v) is 7.30. The first-order chi connectivity index (χ1) is 9.85. The van der Waals surface area contributed by atoms with Crippen LogP contribution in [0.1, 0.15) is 37.6 Å². The lowest BCUT2D eigenvalue weighted by Gasteiger charge is -2.34. The van der Waals surface area contributed by atoms with Crippen molar-refractivity contribution in [2.24, 2.45) is 11.1 Å². The molecule has 1 unspecified atom stereocenters. The molecule has 1 heterocycles. The lowest BCUT2D eigenvalue weighted by molar-refractivity contribution is 0.278. The van der Waals surface area contributed by atoms with Crippen molar-refractivity contribution >= 4 is 11.6 Å². The molecule has 0 radical (unpaired) electrons. The van der Waals surface area contributed by atoms with Crippen LogP contribution in [0.4, 0.5) is 4.39 Å². The zero-order valence-electron chi connectivity index (χ0n) is 12.0. The van der Waals surface area contributed by atoms with Gasteiger partial charge >= 0.3 is 0 Å². The standard InChI is InChI=1S/C16H17ClFN3/c1-16(2)6-13(19)10-8-20-15(21-14(10)7-16)9-3-4-11(17)12(18)5-9/h3-5,8,13H,6-7,19H2,1-2H3. The zero-order chi connectivity index (χ0) is 15.2. The molecule has 110 valence electrons. The van der Waals surface area contributed by atoms with Crippen LogP contribution in [0.2, 0.25) is 5.02 Å². The number of hydrogen-bond acceptors (Lipinski definition) is 3. The van der Waals surface area contributed by atoms with Gasteiger partial charge in [0.1, 0.15) is 5.82 Å². The first kappa shape index (κ1) is 14.4. The van der Waals surface area contributed by atoms with Gasteiger partial charge in [0.25, 0.3) is 0 Å². The van der Waals surface area contributed by atoms with Gasteiger partial charge in [0.05, 0.1) is 5.02 Å². The third-order valence-electron chi connectivity index (χ3n) is 3.90. The van der Waals surface area contributed by atoms with Crippen molar-refractivity contribution in [3.8, 4) is 11.4 Å². The van der Waals surface area contributed by atoms with Gasteiger partial charge in [-0.25, -0.2) is 14.4 Å². The van der Waals surface area contributed by atoms with Crippen molar-refractivity contribution in [2.75, 3.05) is 0 Å². The van der Waals surface area contributed by atoms with E-state index in [2.05, 4.69) is 23.8 Å². The first-order valence-electron chi connectivity index (χ1n) is 6.92. The van der Waals surface area contributed by atoms with Gasteiger partial charge in [0.15, 0.2) is 5.82 Å². The van der Waals surface area contributed by atoms with Crippen molar-refractivity contribution < 1.29 is 4.39 Å². The van der Waals surface area contributed by atoms with Gasteiger partial charge < -0.3 is 5.73 Å². The van der Waals surface area contributed by atoms with Crippen LogP contribution in [0, 0.1) is 11.2 Å². The van der Waals surface area contributed by atoms with Crippen LogP contribution in [-0.4, -0.2) is 9.97 Å². The molecular formula is C16H17ClFN3. The van der Waals surface area contributed by atoms with Crippen LogP contribution in [0.3, 0.4) is 0 Å². The molecule has 5 heteroatoms. The van der Waals surface area contributed by atoms with E-state index in [0.717, 1.165) is 24.1 Å². The summed E-state index contributed by atoms with van der Waals surface area (Å²) in [5.41, 5.74) is 8.88. The zero-order valence-corrected chi connectivity index (χ0v) is 12.8. The van der Waals surface area contributed by atoms with Gasteiger partial charge in [0, 0.05) is 29.1 Å². The maximum Gasteiger partial charge on any atom is 0.159 e. The van der Waals surface area contributed by atoms with E-state index < -0.39 is 5.82 Å². The molecule has 0 saturated carbocycles. The number of hydrogen-bond donors (Lipinski definition) is 1. The third-order valence-corrected chi connectivity index (χ3v) is 4.20. The molecule has 1 aliphatic rings. The lowest BCUT2D eigenvalue weighted by atomic mass is 9.74. The van der Waals surface area contributed by atoms with Crippen molar-refractivity contribution in [1.82, 2.24) is 9.97 Å². The van der Waals surface area contributed by atoms with E-state index in [4.69, 9.17) is 17.3 Å². The number of rotatable bonds is 1. The van der Waals surface area contributed by atoms with Crippen molar-refractivity contribution in [1.29, 1.82) is 0 Å². The number of nitrogens with two attached hydrogens (primary N) is 1. The van der Waals surface area contributed by atoms with E-state index in [1.807, 2.05) is 0 Å². The molecule has 0 amide bonds. The molecule has 2 aromatic rings. The summed E-state index contributed by atoms with van der Waals surface area (Å²) in [5.74, 6) is 0.0433. The highest BCUT2D eigenvalue weighted by Crippen LogP contribution is 2.39. The lowest BCUT2D eigenvalue weighted by Crippen LogP contribution is -2.30. The van der Waals surface area contributed by atoms with Crippen LogP contribution >= 0.6 is 11.6 Å². The number of halogens is 2. The van der Waals surface area contributed by atoms with Gasteiger partial charge in [-0.3, -0.25) is 0 Å². The molecule has 3 nitrogen and oxygen atoms in total. The minimum atomic E-state index is -0.465. The van der Waals surface area contributed by atoms with Crippen molar-refractivity contribution in [3.63, 3.8) is 0 Å². The fourth-order valence-electron chi connectivity index (χ4n) is 2.88. The number of fused-ring (bicyclic) bond motifs is 1. The van der Waals surface area contributed by atoms with Gasteiger partial charge in [-0.1, -0.05) is 25.4 Å². The second-order valence-electron chi connectivity index (χ2n) is 6.38. The van der Waals surface area contributed by atoms with Crippen LogP contribution in [0.5, 0.6) is 0 Å². The largest absolute Gasteiger partial charge is 0.324 e. The molecule has 2 N–H and O–H groups in total. The smallest absolute Gasteiger partial charge is 0.159 e. The van der Waals surface area contributed by atoms with Gasteiger partial charge in [0.2, 0.25) is 0 Å². The Morgan fingerprint density at radius 3 is 2.86 bits per heavy atom. The van der Waals surface area contributed by atoms with Crippen LogP contribution in [0.15, 0.2) is 24.4 Å². The van der Waals surface area contributed by atoms with E-state index in [1.54, 1.807) is 12.3 Å². The molecule has 0 spiro atoms. The van der Waals surface area contributed by atoms with Crippen LogP contribution < -0.4 is 5.73 Å². The molecule has 0 aliphatic heterocycles. The third kappa shape index (κ3) is 2.78. The minimum Gasteiger partial charge on any atom is -0.324 e. The Hall–Kier alpha value is -1.52. The summed E-state index contributed by atoms with van der Waals surface area (Å²) in [7, 11) is 0. The predicted molar refractivity (Wildman–Crippen MR) is 81.5 cm³/mol. The Morgan fingerprint density at radius 1 is 1.38 bits per heavy atom. The molecular weight excluding hydrogens is 289 g/mol. The monoisotopic (exact) mass is 305 g/mol. The molecule has 1 aromatic carbocycles. The average molecular weight is 306 g/mol. The summed E-state index contributed by atoms with van der Waals surface area (Å²) in [6.45, 7) is 4.36. The average Bonchev–Trinajstić information content (AvgIpc) is 2.40. The highest BCUT2D eigenvalue weighted by atomic mass is 35.5. The van der Waals surface area contributed by atoms with Gasteiger partial charge in [-0.15, -0.1) is 0 Å². The van der Waals surface area contributed by atoms with E-state index in [9.17, 15) is 4.39 Å². The molecule has 3 rings (SSSR count). The molecule has 0 bridgehead atoms. The molecule has 1 aromatic heterocycles. The SMILES string of the molecule is CC1(C)Cc2nc(-c3ccc(Cl)c(F)c3)ncc2C(N)C1. The fourth-order valence-corrected chi connectivity index (χ4v) is 3.00. The summed E-state index contributed by atoms with van der Waals surface area (Å²) < 4.78 is 13.6. The number of benzene rings is 1. The number of aromatic nitrogens is 2. The van der Waals surface area contributed by atoms with Crippen LogP contribution in [0.25, 0.3) is 11.4 Å². The van der Waals surface area contributed by atoms with E-state index >= 15 is 0 Å². The van der Waals surface area contributed by atoms with E-state index in [0.29, 0.717) is 11.4 Å². The maximum atomic E-state index is 13.6. The summed E-state index contributed by atoms with van der Waals surface area (Å²) >= 11 is 5.71. The molecule has 1 aliphatic carbocycles. The molecule has 1 atom stereocenters. The van der Waals surface area contributed by atoms with Crippen molar-refractivity contribution in [2.45, 2.75) is 32.7 Å². The number of nitrogens with zero attached hydrogens (tertiary/aromatic N) is 2. The van der Waals surface area contributed by atoms with Gasteiger partial charge in [-0.05, 0) is 36.5 Å². The minimum absolute atomic E-state index is 0.0419. The summed E-state index contributed by atoms with van der Waals surface area (Å²) in [6.07, 6.45) is 3.53. The quantitative estimate of drug-likeness (QED) is 0.869. The van der Waals surface area contributed by atoms with Crippen molar-refractivity contribution in [3.05, 3.63) is 46.5 Å². The second-order valence-corrected chi connectivity index (χ2v) is 6.78. The molecule has 0 fully saturated rings. The van der Waals surface area contributed by atoms with Gasteiger partial charge in [-0.2, -0.15) is 0 Å². The fraction of sp³-hybridized carbons (Fsp3) is 0.375. The van der Waals surface area contributed by atoms with Crippen LogP contribution in [-0.2, 0) is 6.42 Å². The Kier molecular flexibility index (Phi) is 3.46. The highest BCUT2D eigenvalue weighted by Gasteiger charge is 2.31. The Labute approximate surface area is 128 Å². The summed E-state index contributed by atoms with van der Waals surface area (Å²) in [4.78, 5) is 8.93. The highest BCUT2D eigenvalue weighted by molar-refractivity contribution is 6.30. The Bertz CT molecular complexity index is 700. The molecule has 21 heavy (non-hydrogen) atoms. The normalized spacial score (nSPS) is 20.1. The summed E-state index contributed by atoms with van der Waals surface area (Å²) in [5, 5.41) is 0.0971. The second kappa shape index (κ2) is 5.04. The topological polar surface area (TPSA) is 51.8 Å². The van der Waals surface area contributed by atoms with E-state index in [-0.39, 0.29) is 16.5 Å². The predicted octanol–water partition coefficient (Wildman–Crippen LogP) is 3.91. The maximum absolute atomic E-state index is 13.6. The Morgan fingerprint density at radius 2 is 2.14 bits per heavy atom. The summed E-state index contributed by atoms with van der Waals surface area (Å²) in [6, 6.07) is 4.56. The Balaban J connectivity index is 2.05. The molecule has 0 saturated heterocycles.